The second-order valence-corrected chi connectivity index (χ2v) is 3.92. The van der Waals surface area contributed by atoms with Crippen LogP contribution in [-0.4, -0.2) is 20.2 Å². The minimum atomic E-state index is 0.117. The van der Waals surface area contributed by atoms with E-state index in [9.17, 15) is 4.79 Å². The zero-order valence-corrected chi connectivity index (χ0v) is 9.15. The van der Waals surface area contributed by atoms with Crippen LogP contribution in [0.3, 0.4) is 0 Å². The van der Waals surface area contributed by atoms with Gasteiger partial charge in [-0.05, 0) is 22.9 Å². The van der Waals surface area contributed by atoms with Crippen molar-refractivity contribution in [3.63, 3.8) is 0 Å². The first-order valence-electron chi connectivity index (χ1n) is 4.13. The molecule has 0 bridgehead atoms. The van der Waals surface area contributed by atoms with Crippen molar-refractivity contribution in [2.24, 2.45) is 0 Å². The van der Waals surface area contributed by atoms with Gasteiger partial charge in [-0.25, -0.2) is 9.97 Å². The Balaban J connectivity index is 2.58. The summed E-state index contributed by atoms with van der Waals surface area (Å²) in [5.41, 5.74) is 1.65. The van der Waals surface area contributed by atoms with Crippen molar-refractivity contribution in [1.82, 2.24) is 14.4 Å². The number of carbonyl (C=O) groups is 1. The molecule has 0 saturated carbocycles. The molecule has 2 heterocycles. The molecule has 0 spiro atoms. The van der Waals surface area contributed by atoms with E-state index in [4.69, 9.17) is 0 Å². The van der Waals surface area contributed by atoms with Gasteiger partial charge in [-0.15, -0.1) is 0 Å². The molecule has 0 aliphatic heterocycles. The number of rotatable bonds is 2. The fourth-order valence-electron chi connectivity index (χ4n) is 1.31. The van der Waals surface area contributed by atoms with Crippen LogP contribution >= 0.6 is 15.9 Å². The first-order valence-corrected chi connectivity index (χ1v) is 4.92. The Morgan fingerprint density at radius 2 is 2.36 bits per heavy atom. The van der Waals surface area contributed by atoms with Crippen LogP contribution in [0.4, 0.5) is 0 Å². The molecule has 0 fully saturated rings. The predicted octanol–water partition coefficient (Wildman–Crippen LogP) is 1.62. The molecule has 0 saturated heterocycles. The van der Waals surface area contributed by atoms with Crippen LogP contribution in [0.25, 0.3) is 5.65 Å². The Kier molecular flexibility index (Phi) is 2.33. The van der Waals surface area contributed by atoms with Crippen LogP contribution < -0.4 is 0 Å². The first kappa shape index (κ1) is 9.33. The van der Waals surface area contributed by atoms with Crippen LogP contribution in [0, 0.1) is 0 Å². The van der Waals surface area contributed by atoms with E-state index in [-0.39, 0.29) is 5.78 Å². The fraction of sp³-hybridized carbons (Fsp3) is 0.222. The average Bonchev–Trinajstić information content (AvgIpc) is 2.49. The van der Waals surface area contributed by atoms with Crippen molar-refractivity contribution in [3.05, 3.63) is 28.9 Å². The summed E-state index contributed by atoms with van der Waals surface area (Å²) in [6.07, 6.45) is 5.42. The summed E-state index contributed by atoms with van der Waals surface area (Å²) in [6, 6.07) is 0. The van der Waals surface area contributed by atoms with Crippen LogP contribution in [-0.2, 0) is 11.2 Å². The van der Waals surface area contributed by atoms with Crippen molar-refractivity contribution < 1.29 is 4.79 Å². The van der Waals surface area contributed by atoms with Crippen molar-refractivity contribution in [3.8, 4) is 0 Å². The molecular formula is C9H8BrN3O. The molecule has 2 aromatic rings. The summed E-state index contributed by atoms with van der Waals surface area (Å²) in [6.45, 7) is 1.56. The Morgan fingerprint density at radius 3 is 3.07 bits per heavy atom. The number of ketones is 1. The average molecular weight is 254 g/mol. The lowest BCUT2D eigenvalue weighted by atomic mass is 10.2. The Bertz CT molecular complexity index is 492. The van der Waals surface area contributed by atoms with E-state index in [2.05, 4.69) is 25.9 Å². The van der Waals surface area contributed by atoms with Gasteiger partial charge in [-0.1, -0.05) is 0 Å². The van der Waals surface area contributed by atoms with E-state index in [1.165, 1.54) is 0 Å². The lowest BCUT2D eigenvalue weighted by Gasteiger charge is -1.98. The van der Waals surface area contributed by atoms with Gasteiger partial charge in [-0.2, -0.15) is 0 Å². The number of aromatic nitrogens is 3. The SMILES string of the molecule is CC(=O)Cc1cnc2c(Br)cncn12. The smallest absolute Gasteiger partial charge is 0.154 e. The van der Waals surface area contributed by atoms with Gasteiger partial charge >= 0.3 is 0 Å². The third kappa shape index (κ3) is 1.55. The quantitative estimate of drug-likeness (QED) is 0.818. The highest BCUT2D eigenvalue weighted by Crippen LogP contribution is 2.16. The van der Waals surface area contributed by atoms with Gasteiger partial charge in [-0.3, -0.25) is 9.20 Å². The predicted molar refractivity (Wildman–Crippen MR) is 55.1 cm³/mol. The Labute approximate surface area is 89.1 Å². The summed E-state index contributed by atoms with van der Waals surface area (Å²) < 4.78 is 2.64. The van der Waals surface area contributed by atoms with Gasteiger partial charge in [0.05, 0.1) is 10.2 Å². The maximum absolute atomic E-state index is 11.0. The molecule has 0 amide bonds. The molecule has 0 aliphatic rings. The summed E-state index contributed by atoms with van der Waals surface area (Å²) in [7, 11) is 0. The Hall–Kier alpha value is -1.23. The van der Waals surface area contributed by atoms with E-state index < -0.39 is 0 Å². The molecule has 2 rings (SSSR count). The third-order valence-electron chi connectivity index (χ3n) is 1.89. The van der Waals surface area contributed by atoms with Crippen molar-refractivity contribution in [2.45, 2.75) is 13.3 Å². The normalized spacial score (nSPS) is 10.7. The van der Waals surface area contributed by atoms with Gasteiger partial charge in [0.15, 0.2) is 5.65 Å². The molecule has 0 N–H and O–H groups in total. The van der Waals surface area contributed by atoms with Crippen molar-refractivity contribution in [2.75, 3.05) is 0 Å². The molecule has 0 aromatic carbocycles. The van der Waals surface area contributed by atoms with E-state index in [0.29, 0.717) is 6.42 Å². The summed E-state index contributed by atoms with van der Waals surface area (Å²) in [5, 5.41) is 0. The van der Waals surface area contributed by atoms with Gasteiger partial charge in [0.25, 0.3) is 0 Å². The summed E-state index contributed by atoms with van der Waals surface area (Å²) in [5.74, 6) is 0.117. The monoisotopic (exact) mass is 253 g/mol. The van der Waals surface area contributed by atoms with Gasteiger partial charge in [0.2, 0.25) is 0 Å². The molecular weight excluding hydrogens is 246 g/mol. The molecule has 14 heavy (non-hydrogen) atoms. The highest BCUT2D eigenvalue weighted by Gasteiger charge is 2.07. The Morgan fingerprint density at radius 1 is 1.57 bits per heavy atom. The molecule has 0 atom stereocenters. The molecule has 0 unspecified atom stereocenters. The summed E-state index contributed by atoms with van der Waals surface area (Å²) in [4.78, 5) is 19.2. The molecule has 0 radical (unpaired) electrons. The maximum Gasteiger partial charge on any atom is 0.154 e. The standard InChI is InChI=1S/C9H8BrN3O/c1-6(14)2-7-3-12-9-8(10)4-11-5-13(7)9/h3-5H,2H2,1H3. The van der Waals surface area contributed by atoms with Crippen molar-refractivity contribution >= 4 is 27.4 Å². The third-order valence-corrected chi connectivity index (χ3v) is 2.45. The van der Waals surface area contributed by atoms with E-state index in [1.807, 2.05) is 4.40 Å². The van der Waals surface area contributed by atoms with Gasteiger partial charge in [0.1, 0.15) is 12.1 Å². The molecule has 0 aliphatic carbocycles. The number of imidazole rings is 1. The minimum Gasteiger partial charge on any atom is -0.300 e. The van der Waals surface area contributed by atoms with E-state index >= 15 is 0 Å². The van der Waals surface area contributed by atoms with Gasteiger partial charge in [0, 0.05) is 18.8 Å². The topological polar surface area (TPSA) is 47.3 Å². The largest absolute Gasteiger partial charge is 0.300 e. The number of halogens is 1. The number of fused-ring (bicyclic) bond motifs is 1. The van der Waals surface area contributed by atoms with Crippen LogP contribution in [0.1, 0.15) is 12.6 Å². The zero-order valence-electron chi connectivity index (χ0n) is 7.57. The fourth-order valence-corrected chi connectivity index (χ4v) is 1.72. The molecule has 4 nitrogen and oxygen atoms in total. The summed E-state index contributed by atoms with van der Waals surface area (Å²) >= 11 is 3.35. The van der Waals surface area contributed by atoms with Crippen molar-refractivity contribution in [1.29, 1.82) is 0 Å². The maximum atomic E-state index is 11.0. The van der Waals surface area contributed by atoms with E-state index in [0.717, 1.165) is 15.8 Å². The van der Waals surface area contributed by atoms with Crippen LogP contribution in [0.2, 0.25) is 0 Å². The highest BCUT2D eigenvalue weighted by atomic mass is 79.9. The first-order chi connectivity index (χ1) is 6.68. The lowest BCUT2D eigenvalue weighted by Crippen LogP contribution is -2.00. The van der Waals surface area contributed by atoms with Gasteiger partial charge < -0.3 is 0 Å². The number of nitrogens with zero attached hydrogens (tertiary/aromatic N) is 3. The number of carbonyl (C=O) groups excluding carboxylic acids is 1. The second kappa shape index (κ2) is 3.49. The number of hydrogen-bond acceptors (Lipinski definition) is 3. The zero-order chi connectivity index (χ0) is 10.1. The molecule has 2 aromatic heterocycles. The lowest BCUT2D eigenvalue weighted by molar-refractivity contribution is -0.116. The van der Waals surface area contributed by atoms with Crippen LogP contribution in [0.15, 0.2) is 23.2 Å². The minimum absolute atomic E-state index is 0.117. The molecule has 72 valence electrons. The van der Waals surface area contributed by atoms with E-state index in [1.54, 1.807) is 25.6 Å². The van der Waals surface area contributed by atoms with Crippen LogP contribution in [0.5, 0.6) is 0 Å². The number of Topliss-reactive ketones (excluding diaryl/α,β-unsaturated/α-hetero) is 1. The highest BCUT2D eigenvalue weighted by molar-refractivity contribution is 9.10. The second-order valence-electron chi connectivity index (χ2n) is 3.06. The molecule has 5 heteroatoms. The number of hydrogen-bond donors (Lipinski definition) is 0.